The van der Waals surface area contributed by atoms with E-state index in [0.29, 0.717) is 102 Å². The Morgan fingerprint density at radius 1 is 0.317 bits per heavy atom. The number of hydrogen-bond donors (Lipinski definition) is 4. The largest absolute Gasteiger partial charge is 0.422 e. The third-order valence-electron chi connectivity index (χ3n) is 26.4. The smallest absolute Gasteiger partial charge is 0.345 e. The van der Waals surface area contributed by atoms with Gasteiger partial charge in [0.2, 0.25) is 0 Å². The van der Waals surface area contributed by atoms with Crippen LogP contribution in [0.4, 0.5) is 28.4 Å². The number of imidazole rings is 3. The van der Waals surface area contributed by atoms with Crippen LogP contribution in [0.2, 0.25) is 0 Å². The number of anilines is 5. The molecule has 5 aliphatic rings. The normalized spacial score (nSPS) is 16.2. The van der Waals surface area contributed by atoms with Crippen molar-refractivity contribution in [3.8, 4) is 56.0 Å². The van der Waals surface area contributed by atoms with E-state index in [1.165, 1.54) is 0 Å². The van der Waals surface area contributed by atoms with Gasteiger partial charge in [-0.15, -0.1) is 0 Å². The van der Waals surface area contributed by atoms with Crippen molar-refractivity contribution in [3.05, 3.63) is 307 Å². The van der Waals surface area contributed by atoms with Crippen molar-refractivity contribution in [1.82, 2.24) is 88.0 Å². The molecule has 20 aromatic rings. The second-order valence-corrected chi connectivity index (χ2v) is 36.4. The molecule has 5 aromatic carbocycles. The first-order chi connectivity index (χ1) is 67.6. The first-order valence-electron chi connectivity index (χ1n) is 47.1. The molecule has 15 aromatic heterocycles. The zero-order valence-electron chi connectivity index (χ0n) is 78.5. The number of fused-ring (bicyclic) bond motifs is 10. The van der Waals surface area contributed by atoms with Gasteiger partial charge in [-0.25, -0.2) is 38.9 Å². The highest BCUT2D eigenvalue weighted by molar-refractivity contribution is 5.90. The summed E-state index contributed by atoms with van der Waals surface area (Å²) >= 11 is 0. The lowest BCUT2D eigenvalue weighted by Crippen LogP contribution is -2.49. The zero-order chi connectivity index (χ0) is 95.2. The minimum atomic E-state index is -0.383. The van der Waals surface area contributed by atoms with Gasteiger partial charge in [-0.05, 0) is 172 Å². The van der Waals surface area contributed by atoms with Crippen molar-refractivity contribution >= 4 is 111 Å². The van der Waals surface area contributed by atoms with Gasteiger partial charge < -0.3 is 94.8 Å². The van der Waals surface area contributed by atoms with Crippen LogP contribution in [0.3, 0.4) is 0 Å². The predicted octanol–water partition coefficient (Wildman–Crippen LogP) is 13.8. The maximum absolute atomic E-state index is 12.7. The van der Waals surface area contributed by atoms with Gasteiger partial charge in [-0.1, -0.05) is 0 Å². The Morgan fingerprint density at radius 3 is 0.986 bits per heavy atom. The molecule has 0 amide bonds. The quantitative estimate of drug-likeness (QED) is 0.0924. The molecule has 33 nitrogen and oxygen atoms in total. The topological polar surface area (TPSA) is 344 Å². The van der Waals surface area contributed by atoms with Gasteiger partial charge in [0.05, 0.1) is 103 Å². The van der Waals surface area contributed by atoms with Crippen LogP contribution in [-0.2, 0) is 0 Å². The fraction of sp³-hybridized carbons (Fsp3) is 0.274. The van der Waals surface area contributed by atoms with Crippen molar-refractivity contribution in [2.45, 2.75) is 67.0 Å². The molecule has 0 unspecified atom stereocenters. The highest BCUT2D eigenvalue weighted by Crippen LogP contribution is 2.35. The van der Waals surface area contributed by atoms with E-state index in [9.17, 15) is 24.0 Å². The second-order valence-electron chi connectivity index (χ2n) is 36.4. The molecule has 33 heteroatoms. The summed E-state index contributed by atoms with van der Waals surface area (Å²) in [5.41, 5.74) is 21.2. The molecule has 25 rings (SSSR count). The monoisotopic (exact) mass is 1860 g/mol. The Kier molecular flexibility index (Phi) is 24.8. The van der Waals surface area contributed by atoms with Crippen molar-refractivity contribution in [2.75, 3.05) is 149 Å². The average molecular weight is 1860 g/mol. The molecule has 2 atom stereocenters. The van der Waals surface area contributed by atoms with Crippen LogP contribution in [0.15, 0.2) is 272 Å². The molecule has 0 spiro atoms. The summed E-state index contributed by atoms with van der Waals surface area (Å²) in [4.78, 5) is 112. The minimum absolute atomic E-state index is 0.316. The zero-order valence-corrected chi connectivity index (χ0v) is 78.5. The summed E-state index contributed by atoms with van der Waals surface area (Å²) in [6.07, 6.45) is 28.5. The van der Waals surface area contributed by atoms with E-state index in [1.807, 2.05) is 222 Å². The van der Waals surface area contributed by atoms with Crippen LogP contribution in [0.1, 0.15) is 48.7 Å². The van der Waals surface area contributed by atoms with Crippen LogP contribution in [0.5, 0.6) is 0 Å². The molecule has 5 saturated heterocycles. The lowest BCUT2D eigenvalue weighted by Gasteiger charge is -2.34. The van der Waals surface area contributed by atoms with Crippen LogP contribution >= 0.6 is 0 Å². The number of aryl methyl sites for hydroxylation is 5. The summed E-state index contributed by atoms with van der Waals surface area (Å²) in [6, 6.07) is 44.6. The summed E-state index contributed by atoms with van der Waals surface area (Å²) in [5, 5.41) is 18.1. The Balaban J connectivity index is 0.000000103. The third kappa shape index (κ3) is 19.2. The number of hydrogen-bond acceptors (Lipinski definition) is 28. The molecule has 0 aliphatic carbocycles. The molecule has 704 valence electrons. The van der Waals surface area contributed by atoms with Crippen LogP contribution in [0.25, 0.3) is 139 Å². The number of nitrogens with zero attached hydrogens (tertiary/aromatic N) is 19. The summed E-state index contributed by atoms with van der Waals surface area (Å²) in [5.74, 6) is 0. The molecule has 139 heavy (non-hydrogen) atoms. The fourth-order valence-electron chi connectivity index (χ4n) is 18.9. The van der Waals surface area contributed by atoms with E-state index in [-0.39, 0.29) is 28.1 Å². The summed E-state index contributed by atoms with van der Waals surface area (Å²) in [7, 11) is 2.13. The van der Waals surface area contributed by atoms with Crippen LogP contribution in [-0.4, -0.2) is 204 Å². The molecule has 5 fully saturated rings. The van der Waals surface area contributed by atoms with Gasteiger partial charge in [-0.3, -0.25) is 24.9 Å². The van der Waals surface area contributed by atoms with E-state index in [2.05, 4.69) is 142 Å². The van der Waals surface area contributed by atoms with Gasteiger partial charge in [0.1, 0.15) is 27.9 Å². The predicted molar refractivity (Wildman–Crippen MR) is 544 cm³/mol. The number of rotatable bonds is 10. The van der Waals surface area contributed by atoms with Gasteiger partial charge >= 0.3 is 28.1 Å². The number of nitrogens with one attached hydrogen (secondary N) is 4. The number of benzene rings is 5. The fourth-order valence-corrected chi connectivity index (χ4v) is 18.9. The van der Waals surface area contributed by atoms with Crippen molar-refractivity contribution < 1.29 is 22.1 Å². The van der Waals surface area contributed by atoms with Gasteiger partial charge in [0.15, 0.2) is 16.9 Å². The van der Waals surface area contributed by atoms with Gasteiger partial charge in [0.25, 0.3) is 0 Å². The minimum Gasteiger partial charge on any atom is -0.422 e. The Bertz CT molecular complexity index is 8200. The molecule has 0 radical (unpaired) electrons. The number of piperazine rings is 4. The van der Waals surface area contributed by atoms with E-state index in [0.717, 1.165) is 230 Å². The van der Waals surface area contributed by atoms with E-state index in [1.54, 1.807) is 31.0 Å². The maximum atomic E-state index is 12.7. The first-order valence-corrected chi connectivity index (χ1v) is 47.1. The van der Waals surface area contributed by atoms with E-state index >= 15 is 0 Å². The third-order valence-corrected chi connectivity index (χ3v) is 26.4. The SMILES string of the molecule is Cc1cn2cc(-c3cc4ccc(N5CCN(C)CC5)cc4oc3=O)nc2cn1.Cc1cn2cc(-c3cc4ccc(N5CCN[C@@H](C)C5)cc4oc3=O)nc2cn1.Cc1cn2cc(-c3cc4ccc(N5CCN[C@H](C)C5)cc4oc3=O)nc2cn1.Cc1nccn2cc(-c3cc4ccc(N5CCCNCC5)cc4oc3=O)cc12.Cc1nccn2cc(-c3cc4ccc(N5CCNCC5)cc4oc3=O)cc12. The lowest BCUT2D eigenvalue weighted by atomic mass is 10.1. The molecule has 5 aliphatic heterocycles. The Labute approximate surface area is 796 Å². The van der Waals surface area contributed by atoms with Crippen LogP contribution < -0.4 is 73.9 Å². The maximum Gasteiger partial charge on any atom is 0.345 e. The summed E-state index contributed by atoms with van der Waals surface area (Å²) in [6.45, 7) is 31.5. The highest BCUT2D eigenvalue weighted by Gasteiger charge is 2.25. The molecular formula is C106H105N23O10. The molecule has 0 saturated carbocycles. The van der Waals surface area contributed by atoms with Crippen LogP contribution in [0, 0.1) is 34.6 Å². The highest BCUT2D eigenvalue weighted by atomic mass is 16.4. The van der Waals surface area contributed by atoms with Gasteiger partial charge in [0, 0.05) is 295 Å². The first kappa shape index (κ1) is 89.7. The standard InChI is InChI=1S/C22H22N4O2.3C21H21N5O2.C21H20N4O2/c1-15-20-12-17(14-26(20)10-7-24-15)19-11-16-3-4-18(13-21(16)28-22(19)27)25-8-2-5-23-6-9-25;1-14-12-26-13-18(23-20(26)11-22-14)17-9-15-3-4-16(10-19(15)28-21(17)27)25-7-5-24(2)6-8-25;2*1-13-10-25(6-5-22-13)16-4-3-15-7-17(21(27)28-19(15)8-16)18-12-26-11-14(2)23-9-20(26)24-18;1-14-19-11-16(13-25(19)9-6-23-14)18-10-15-2-3-17(12-20(15)27-21(18)26)24-7-4-22-5-8-24/h3-4,7,10-14,23H,2,5-6,8-9H2,1H3;3-4,9-13H,5-8H2,1-2H3;2*3-4,7-9,11-13,22H,5-6,10H2,1-2H3;2-3,6,9-13,22H,4-5,7-8H2,1H3/t;;2*13-;/m..10./s1. The second kappa shape index (κ2) is 38.4. The molecule has 4 N–H and O–H groups in total. The summed E-state index contributed by atoms with van der Waals surface area (Å²) < 4.78 is 38.0. The van der Waals surface area contributed by atoms with E-state index in [4.69, 9.17) is 22.1 Å². The Morgan fingerprint density at radius 2 is 0.633 bits per heavy atom. The number of likely N-dealkylation sites (N-methyl/N-ethyl adjacent to an activating group) is 1. The molecule has 0 bridgehead atoms. The van der Waals surface area contributed by atoms with Crippen molar-refractivity contribution in [3.63, 3.8) is 0 Å². The Hall–Kier alpha value is -15.8. The molecular weight excluding hydrogens is 1760 g/mol. The lowest BCUT2D eigenvalue weighted by molar-refractivity contribution is 0.313. The van der Waals surface area contributed by atoms with Gasteiger partial charge in [-0.2, -0.15) is 0 Å². The van der Waals surface area contributed by atoms with Crippen molar-refractivity contribution in [1.29, 1.82) is 0 Å². The number of aromatic nitrogens is 13. The van der Waals surface area contributed by atoms with Crippen molar-refractivity contribution in [2.24, 2.45) is 0 Å². The molecule has 20 heterocycles. The average Bonchev–Trinajstić information content (AvgIpc) is 1.67. The van der Waals surface area contributed by atoms with E-state index < -0.39 is 0 Å².